The summed E-state index contributed by atoms with van der Waals surface area (Å²) in [6.45, 7) is 16.0. The van der Waals surface area contributed by atoms with Gasteiger partial charge in [0.05, 0.1) is 28.2 Å². The first-order chi connectivity index (χ1) is 17.0. The Morgan fingerprint density at radius 2 is 1.83 bits per heavy atom. The summed E-state index contributed by atoms with van der Waals surface area (Å²) in [6.07, 6.45) is 11.1. The van der Waals surface area contributed by atoms with Crippen molar-refractivity contribution < 1.29 is 19.2 Å². The predicted octanol–water partition coefficient (Wildman–Crippen LogP) is 6.96. The van der Waals surface area contributed by atoms with Gasteiger partial charge in [-0.15, -0.1) is 11.3 Å². The Bertz CT molecular complexity index is 872. The van der Waals surface area contributed by atoms with Crippen molar-refractivity contribution in [1.29, 1.82) is 0 Å². The van der Waals surface area contributed by atoms with E-state index in [1.807, 2.05) is 59.9 Å². The van der Waals surface area contributed by atoms with Gasteiger partial charge in [0, 0.05) is 21.4 Å². The third-order valence-corrected chi connectivity index (χ3v) is 9.19. The van der Waals surface area contributed by atoms with Crippen molar-refractivity contribution in [2.75, 3.05) is 0 Å². The molecule has 7 heteroatoms. The fourth-order valence-electron chi connectivity index (χ4n) is 3.92. The molecule has 0 saturated heterocycles. The first-order valence-corrected chi connectivity index (χ1v) is 15.4. The molecule has 0 fully saturated rings. The van der Waals surface area contributed by atoms with E-state index in [0.29, 0.717) is 19.3 Å². The molecule has 0 radical (unpaired) electrons. The van der Waals surface area contributed by atoms with E-state index in [1.54, 1.807) is 11.3 Å². The van der Waals surface area contributed by atoms with Gasteiger partial charge in [0.2, 0.25) is 0 Å². The number of hydrogen-bond acceptors (Lipinski definition) is 6. The van der Waals surface area contributed by atoms with E-state index in [-0.39, 0.29) is 22.5 Å². The molecule has 1 aromatic rings. The Hall–Kier alpha value is -1.12. The average molecular weight is 540 g/mol. The topological polar surface area (TPSA) is 79.7 Å². The molecule has 0 amide bonds. The highest BCUT2D eigenvalue weighted by atomic mass is 32.2. The highest BCUT2D eigenvalue weighted by Gasteiger charge is 2.28. The first-order valence-electron chi connectivity index (χ1n) is 13.3. The molecule has 2 N–H and O–H groups in total. The van der Waals surface area contributed by atoms with E-state index in [4.69, 9.17) is 4.74 Å². The second-order valence-electron chi connectivity index (χ2n) is 10.2. The van der Waals surface area contributed by atoms with E-state index in [0.717, 1.165) is 35.5 Å². The predicted molar refractivity (Wildman–Crippen MR) is 156 cm³/mol. The molecule has 0 saturated carbocycles. The third-order valence-electron chi connectivity index (χ3n) is 6.36. The molecule has 0 aliphatic carbocycles. The largest absolute Gasteiger partial charge is 0.392 e. The summed E-state index contributed by atoms with van der Waals surface area (Å²) in [5, 5.41) is 23.9. The van der Waals surface area contributed by atoms with Gasteiger partial charge in [-0.3, -0.25) is 4.21 Å². The summed E-state index contributed by atoms with van der Waals surface area (Å²) in [6, 6.07) is 0. The van der Waals surface area contributed by atoms with Gasteiger partial charge in [-0.1, -0.05) is 51.0 Å². The SMILES string of the molecule is CCC/C=C\CC(C)C(O)C(C)S(=O)C(C)CCC(O)OC(CC=C(C)C)/C(C)=C/c1csc(C)n1. The normalized spacial score (nSPS) is 18.4. The standard InChI is InChI=1S/C29H49NO4S2/c1-9-10-11-12-13-21(4)29(32)24(7)36(33)23(6)15-17-28(31)34-27(16-14-20(2)3)22(5)18-26-19-35-25(8)30-26/h11-12,14,18-19,21,23-24,27-29,31-32H,9-10,13,15-17H2,1-8H3/b12-11-,22-18+. The van der Waals surface area contributed by atoms with Gasteiger partial charge in [-0.25, -0.2) is 4.98 Å². The summed E-state index contributed by atoms with van der Waals surface area (Å²) < 4.78 is 19.1. The van der Waals surface area contributed by atoms with Crippen LogP contribution in [0.5, 0.6) is 0 Å². The number of aryl methyl sites for hydroxylation is 1. The van der Waals surface area contributed by atoms with Crippen molar-refractivity contribution in [3.63, 3.8) is 0 Å². The van der Waals surface area contributed by atoms with Crippen molar-refractivity contribution >= 4 is 28.2 Å². The Morgan fingerprint density at radius 1 is 1.14 bits per heavy atom. The molecule has 36 heavy (non-hydrogen) atoms. The maximum absolute atomic E-state index is 13.1. The lowest BCUT2D eigenvalue weighted by atomic mass is 9.98. The molecule has 5 nitrogen and oxygen atoms in total. The number of thiazole rings is 1. The molecule has 0 bridgehead atoms. The smallest absolute Gasteiger partial charge is 0.155 e. The fraction of sp³-hybridized carbons (Fsp3) is 0.690. The van der Waals surface area contributed by atoms with Crippen LogP contribution in [0.15, 0.2) is 34.8 Å². The molecule has 0 aromatic carbocycles. The van der Waals surface area contributed by atoms with Gasteiger partial charge >= 0.3 is 0 Å². The molecular formula is C29H49NO4S2. The van der Waals surface area contributed by atoms with Crippen molar-refractivity contribution in [2.24, 2.45) is 5.92 Å². The van der Waals surface area contributed by atoms with Crippen LogP contribution in [0.3, 0.4) is 0 Å². The van der Waals surface area contributed by atoms with Gasteiger partial charge < -0.3 is 14.9 Å². The molecule has 7 unspecified atom stereocenters. The molecule has 206 valence electrons. The molecule has 1 rings (SSSR count). The number of unbranched alkanes of at least 4 members (excludes halogenated alkanes) is 1. The summed E-state index contributed by atoms with van der Waals surface area (Å²) in [7, 11) is -1.21. The summed E-state index contributed by atoms with van der Waals surface area (Å²) in [5.41, 5.74) is 3.11. The molecule has 0 aliphatic heterocycles. The third kappa shape index (κ3) is 12.4. The van der Waals surface area contributed by atoms with Crippen LogP contribution in [0.4, 0.5) is 0 Å². The van der Waals surface area contributed by atoms with Gasteiger partial charge in [0.15, 0.2) is 6.29 Å². The zero-order chi connectivity index (χ0) is 27.3. The fourth-order valence-corrected chi connectivity index (χ4v) is 6.13. The Kier molecular flexibility index (Phi) is 15.9. The Morgan fingerprint density at radius 3 is 2.42 bits per heavy atom. The van der Waals surface area contributed by atoms with Crippen LogP contribution in [-0.4, -0.2) is 48.4 Å². The van der Waals surface area contributed by atoms with Gasteiger partial charge in [-0.05, 0) is 84.3 Å². The second kappa shape index (κ2) is 17.4. The number of nitrogens with zero attached hydrogens (tertiary/aromatic N) is 1. The summed E-state index contributed by atoms with van der Waals surface area (Å²) >= 11 is 1.61. The van der Waals surface area contributed by atoms with Crippen molar-refractivity contribution in [3.8, 4) is 0 Å². The number of aliphatic hydroxyl groups excluding tert-OH is 2. The van der Waals surface area contributed by atoms with Crippen molar-refractivity contribution in [2.45, 2.75) is 123 Å². The molecule has 1 aromatic heterocycles. The lowest BCUT2D eigenvalue weighted by Crippen LogP contribution is -2.37. The molecule has 0 spiro atoms. The van der Waals surface area contributed by atoms with E-state index >= 15 is 0 Å². The minimum atomic E-state index is -1.21. The van der Waals surface area contributed by atoms with Gasteiger partial charge in [0.1, 0.15) is 0 Å². The van der Waals surface area contributed by atoms with Crippen LogP contribution >= 0.6 is 11.3 Å². The zero-order valence-corrected chi connectivity index (χ0v) is 25.2. The Labute approximate surface area is 226 Å². The number of allylic oxidation sites excluding steroid dienone is 3. The van der Waals surface area contributed by atoms with Crippen LogP contribution in [0.25, 0.3) is 6.08 Å². The summed E-state index contributed by atoms with van der Waals surface area (Å²) in [4.78, 5) is 4.50. The number of rotatable bonds is 17. The van der Waals surface area contributed by atoms with Gasteiger partial charge in [-0.2, -0.15) is 0 Å². The maximum Gasteiger partial charge on any atom is 0.155 e. The highest BCUT2D eigenvalue weighted by molar-refractivity contribution is 7.86. The average Bonchev–Trinajstić information content (AvgIpc) is 3.25. The minimum absolute atomic E-state index is 0.0466. The minimum Gasteiger partial charge on any atom is -0.392 e. The van der Waals surface area contributed by atoms with Crippen LogP contribution in [-0.2, 0) is 15.5 Å². The molecule has 1 heterocycles. The quantitative estimate of drug-likeness (QED) is 0.165. The Balaban J connectivity index is 2.68. The number of hydrogen-bond donors (Lipinski definition) is 2. The van der Waals surface area contributed by atoms with Gasteiger partial charge in [0.25, 0.3) is 0 Å². The maximum atomic E-state index is 13.1. The molecule has 7 atom stereocenters. The van der Waals surface area contributed by atoms with Crippen LogP contribution < -0.4 is 0 Å². The number of aliphatic hydroxyl groups is 2. The summed E-state index contributed by atoms with van der Waals surface area (Å²) in [5.74, 6) is 0.0466. The van der Waals surface area contributed by atoms with E-state index in [1.165, 1.54) is 5.57 Å². The van der Waals surface area contributed by atoms with Crippen LogP contribution in [0.2, 0.25) is 0 Å². The first kappa shape index (κ1) is 32.9. The lowest BCUT2D eigenvalue weighted by Gasteiger charge is -2.27. The van der Waals surface area contributed by atoms with Crippen molar-refractivity contribution in [1.82, 2.24) is 4.98 Å². The zero-order valence-electron chi connectivity index (χ0n) is 23.6. The monoisotopic (exact) mass is 539 g/mol. The van der Waals surface area contributed by atoms with E-state index in [2.05, 4.69) is 30.1 Å². The van der Waals surface area contributed by atoms with E-state index in [9.17, 15) is 14.4 Å². The number of aromatic nitrogens is 1. The highest BCUT2D eigenvalue weighted by Crippen LogP contribution is 2.23. The van der Waals surface area contributed by atoms with Crippen LogP contribution in [0, 0.1) is 12.8 Å². The van der Waals surface area contributed by atoms with Crippen LogP contribution in [0.1, 0.15) is 97.7 Å². The number of ether oxygens (including phenoxy) is 1. The molecule has 0 aliphatic rings. The second-order valence-corrected chi connectivity index (χ2v) is 13.4. The lowest BCUT2D eigenvalue weighted by molar-refractivity contribution is -0.127. The van der Waals surface area contributed by atoms with Crippen molar-refractivity contribution in [3.05, 3.63) is 45.5 Å². The van der Waals surface area contributed by atoms with E-state index < -0.39 is 23.2 Å². The molecular weight excluding hydrogens is 490 g/mol.